The lowest BCUT2D eigenvalue weighted by molar-refractivity contribution is 0.225. The Hall–Kier alpha value is -0.490. The van der Waals surface area contributed by atoms with Crippen LogP contribution in [0.15, 0.2) is 30.3 Å². The minimum absolute atomic E-state index is 0.181. The normalized spacial score (nSPS) is 12.3. The van der Waals surface area contributed by atoms with Crippen molar-refractivity contribution in [2.45, 2.75) is 43.0 Å². The Morgan fingerprint density at radius 2 is 1.57 bits per heavy atom. The molecular formula is C14H20Cl2O4S. The summed E-state index contributed by atoms with van der Waals surface area (Å²) < 4.78 is 33.9. The van der Waals surface area contributed by atoms with Crippen molar-refractivity contribution >= 4 is 33.3 Å². The van der Waals surface area contributed by atoms with Crippen LogP contribution in [-0.2, 0) is 10.1 Å². The molecule has 0 aliphatic rings. The van der Waals surface area contributed by atoms with Crippen LogP contribution >= 0.6 is 23.2 Å². The summed E-state index contributed by atoms with van der Waals surface area (Å²) in [4.78, 5) is 0. The van der Waals surface area contributed by atoms with Gasteiger partial charge in [-0.2, -0.15) is 8.42 Å². The molecule has 0 amide bonds. The first-order chi connectivity index (χ1) is 9.79. The van der Waals surface area contributed by atoms with Gasteiger partial charge in [-0.1, -0.05) is 60.7 Å². The Bertz CT molecular complexity index is 503. The van der Waals surface area contributed by atoms with Crippen LogP contribution in [0.4, 0.5) is 0 Å². The van der Waals surface area contributed by atoms with Crippen LogP contribution in [0.3, 0.4) is 0 Å². The number of halogens is 2. The van der Waals surface area contributed by atoms with Crippen LogP contribution in [0.25, 0.3) is 0 Å². The van der Waals surface area contributed by atoms with Crippen molar-refractivity contribution in [3.8, 4) is 5.75 Å². The second-order valence-electron chi connectivity index (χ2n) is 4.86. The first-order valence-electron chi connectivity index (χ1n) is 6.86. The van der Waals surface area contributed by atoms with E-state index in [9.17, 15) is 8.42 Å². The van der Waals surface area contributed by atoms with Crippen LogP contribution in [0.2, 0.25) is 0 Å². The first-order valence-corrected chi connectivity index (χ1v) is 9.22. The smallest absolute Gasteiger partial charge is 0.264 e. The van der Waals surface area contributed by atoms with E-state index in [1.54, 1.807) is 12.1 Å². The highest BCUT2D eigenvalue weighted by atomic mass is 35.5. The van der Waals surface area contributed by atoms with Crippen LogP contribution in [-0.4, -0.2) is 23.2 Å². The Morgan fingerprint density at radius 3 is 2.19 bits per heavy atom. The van der Waals surface area contributed by atoms with Crippen molar-refractivity contribution in [2.24, 2.45) is 0 Å². The minimum Gasteiger partial charge on any atom is -0.458 e. The number of hydrogen-bond donors (Lipinski definition) is 1. The summed E-state index contributed by atoms with van der Waals surface area (Å²) >= 11 is 12.2. The van der Waals surface area contributed by atoms with E-state index < -0.39 is 14.6 Å². The molecule has 0 saturated carbocycles. The fraction of sp³-hybridized carbons (Fsp3) is 0.571. The predicted molar refractivity (Wildman–Crippen MR) is 85.6 cm³/mol. The summed E-state index contributed by atoms with van der Waals surface area (Å²) in [5, 5.41) is 0. The van der Waals surface area contributed by atoms with Gasteiger partial charge in [0.05, 0.1) is 5.75 Å². The van der Waals surface area contributed by atoms with Gasteiger partial charge < -0.3 is 4.74 Å². The SMILES string of the molecule is O=S(=O)(O)CCCCCCCC(Cl)(Cl)Oc1ccccc1. The Labute approximate surface area is 136 Å². The van der Waals surface area contributed by atoms with Gasteiger partial charge in [0, 0.05) is 6.42 Å². The van der Waals surface area contributed by atoms with E-state index in [0.29, 0.717) is 18.6 Å². The lowest BCUT2D eigenvalue weighted by atomic mass is 10.1. The molecule has 0 spiro atoms. The fourth-order valence-electron chi connectivity index (χ4n) is 1.86. The molecule has 0 aromatic heterocycles. The van der Waals surface area contributed by atoms with E-state index in [-0.39, 0.29) is 5.75 Å². The monoisotopic (exact) mass is 354 g/mol. The van der Waals surface area contributed by atoms with Crippen molar-refractivity contribution in [1.82, 2.24) is 0 Å². The third kappa shape index (κ3) is 9.96. The van der Waals surface area contributed by atoms with Crippen molar-refractivity contribution in [3.63, 3.8) is 0 Å². The molecule has 0 saturated heterocycles. The van der Waals surface area contributed by atoms with E-state index >= 15 is 0 Å². The maximum Gasteiger partial charge on any atom is 0.264 e. The van der Waals surface area contributed by atoms with Crippen LogP contribution in [0, 0.1) is 0 Å². The summed E-state index contributed by atoms with van der Waals surface area (Å²) in [6.45, 7) is 0. The summed E-state index contributed by atoms with van der Waals surface area (Å²) in [6, 6.07) is 9.13. The molecule has 0 atom stereocenters. The number of alkyl halides is 2. The molecule has 0 aliphatic carbocycles. The number of unbranched alkanes of at least 4 members (excludes halogenated alkanes) is 4. The molecule has 4 nitrogen and oxygen atoms in total. The number of hydrogen-bond acceptors (Lipinski definition) is 3. The highest BCUT2D eigenvalue weighted by Gasteiger charge is 2.25. The number of rotatable bonds is 10. The summed E-state index contributed by atoms with van der Waals surface area (Å²) in [6.07, 6.45) is 4.23. The molecule has 1 N–H and O–H groups in total. The number of ether oxygens (including phenoxy) is 1. The van der Waals surface area contributed by atoms with Gasteiger partial charge >= 0.3 is 0 Å². The fourth-order valence-corrected chi connectivity index (χ4v) is 2.87. The van der Waals surface area contributed by atoms with E-state index in [0.717, 1.165) is 25.7 Å². The summed E-state index contributed by atoms with van der Waals surface area (Å²) in [7, 11) is -3.84. The lowest BCUT2D eigenvalue weighted by Crippen LogP contribution is -2.21. The Balaban J connectivity index is 2.14. The zero-order valence-corrected chi connectivity index (χ0v) is 14.0. The quantitative estimate of drug-likeness (QED) is 0.383. The number of para-hydroxylation sites is 1. The van der Waals surface area contributed by atoms with Gasteiger partial charge in [0.2, 0.25) is 0 Å². The summed E-state index contributed by atoms with van der Waals surface area (Å²) in [5.41, 5.74) is 0. The zero-order chi connectivity index (χ0) is 15.8. The molecular weight excluding hydrogens is 335 g/mol. The molecule has 0 bridgehead atoms. The Kier molecular flexibility index (Phi) is 7.81. The van der Waals surface area contributed by atoms with Crippen molar-refractivity contribution in [2.75, 3.05) is 5.75 Å². The highest BCUT2D eigenvalue weighted by Crippen LogP contribution is 2.31. The van der Waals surface area contributed by atoms with Crippen LogP contribution in [0.1, 0.15) is 38.5 Å². The topological polar surface area (TPSA) is 63.6 Å². The van der Waals surface area contributed by atoms with Gasteiger partial charge in [-0.25, -0.2) is 0 Å². The van der Waals surface area contributed by atoms with Gasteiger partial charge in [-0.15, -0.1) is 0 Å². The van der Waals surface area contributed by atoms with E-state index in [1.807, 2.05) is 18.2 Å². The molecule has 0 heterocycles. The maximum absolute atomic E-state index is 10.5. The molecule has 21 heavy (non-hydrogen) atoms. The van der Waals surface area contributed by atoms with Crippen LogP contribution < -0.4 is 4.74 Å². The first kappa shape index (κ1) is 18.6. The third-order valence-corrected chi connectivity index (χ3v) is 4.22. The highest BCUT2D eigenvalue weighted by molar-refractivity contribution is 7.85. The van der Waals surface area contributed by atoms with E-state index in [1.165, 1.54) is 0 Å². The molecule has 0 aliphatic heterocycles. The van der Waals surface area contributed by atoms with Gasteiger partial charge in [0.15, 0.2) is 0 Å². The molecule has 1 aromatic rings. The summed E-state index contributed by atoms with van der Waals surface area (Å²) in [5.74, 6) is 0.439. The maximum atomic E-state index is 10.5. The van der Waals surface area contributed by atoms with Gasteiger partial charge in [0.25, 0.3) is 14.6 Å². The van der Waals surface area contributed by atoms with Crippen molar-refractivity contribution in [1.29, 1.82) is 0 Å². The molecule has 1 rings (SSSR count). The molecule has 0 radical (unpaired) electrons. The molecule has 0 unspecified atom stereocenters. The standard InChI is InChI=1S/C14H20Cl2O4S/c15-14(16,20-13-9-5-4-6-10-13)11-7-2-1-3-8-12-21(17,18)19/h4-6,9-10H,1-3,7-8,11-12H2,(H,17,18,19). The van der Waals surface area contributed by atoms with Crippen molar-refractivity contribution < 1.29 is 17.7 Å². The number of benzene rings is 1. The second kappa shape index (κ2) is 8.83. The predicted octanol–water partition coefficient (Wildman–Crippen LogP) is 4.43. The average molecular weight is 355 g/mol. The molecule has 0 fully saturated rings. The van der Waals surface area contributed by atoms with Gasteiger partial charge in [-0.3, -0.25) is 4.55 Å². The third-order valence-electron chi connectivity index (χ3n) is 2.88. The second-order valence-corrected chi connectivity index (χ2v) is 7.84. The van der Waals surface area contributed by atoms with Gasteiger partial charge in [0.1, 0.15) is 5.75 Å². The Morgan fingerprint density at radius 1 is 1.00 bits per heavy atom. The largest absolute Gasteiger partial charge is 0.458 e. The van der Waals surface area contributed by atoms with Crippen LogP contribution in [0.5, 0.6) is 5.75 Å². The molecule has 7 heteroatoms. The lowest BCUT2D eigenvalue weighted by Gasteiger charge is -2.21. The molecule has 1 aromatic carbocycles. The van der Waals surface area contributed by atoms with E-state index in [2.05, 4.69) is 0 Å². The zero-order valence-electron chi connectivity index (χ0n) is 11.7. The molecule has 120 valence electrons. The average Bonchev–Trinajstić information content (AvgIpc) is 2.37. The van der Waals surface area contributed by atoms with Crippen molar-refractivity contribution in [3.05, 3.63) is 30.3 Å². The minimum atomic E-state index is -3.84. The van der Waals surface area contributed by atoms with E-state index in [4.69, 9.17) is 32.5 Å². The van der Waals surface area contributed by atoms with Gasteiger partial charge in [-0.05, 0) is 25.0 Å².